The van der Waals surface area contributed by atoms with Crippen LogP contribution in [0.25, 0.3) is 0 Å². The lowest BCUT2D eigenvalue weighted by Crippen LogP contribution is -2.51. The molecule has 1 nitrogen and oxygen atoms in total. The third kappa shape index (κ3) is 3.00. The van der Waals surface area contributed by atoms with Gasteiger partial charge in [-0.15, -0.1) is 0 Å². The molecule has 0 amide bonds. The first kappa shape index (κ1) is 17.8. The van der Waals surface area contributed by atoms with E-state index in [0.29, 0.717) is 6.10 Å². The Balaban J connectivity index is 0.000000667. The molecule has 5 atom stereocenters. The van der Waals surface area contributed by atoms with E-state index >= 15 is 0 Å². The Morgan fingerprint density at radius 2 is 1.85 bits per heavy atom. The SMILES string of the molecule is C.C.C1=C2CCC3CC[C@H]4OC[C@H]4C3CC(CC1)C2.[B]. The largest absolute Gasteiger partial charge is 0.377 e. The number of hydrogen-bond donors (Lipinski definition) is 0. The van der Waals surface area contributed by atoms with E-state index in [1.807, 2.05) is 0 Å². The van der Waals surface area contributed by atoms with Crippen molar-refractivity contribution in [3.8, 4) is 0 Å². The van der Waals surface area contributed by atoms with Gasteiger partial charge in [-0.2, -0.15) is 0 Å². The highest BCUT2D eigenvalue weighted by atomic mass is 16.5. The summed E-state index contributed by atoms with van der Waals surface area (Å²) in [7, 11) is 0. The fourth-order valence-corrected chi connectivity index (χ4v) is 4.95. The smallest absolute Gasteiger partial charge is 0.0628 e. The van der Waals surface area contributed by atoms with Crippen molar-refractivity contribution < 1.29 is 4.74 Å². The first-order valence-electron chi connectivity index (χ1n) is 7.69. The van der Waals surface area contributed by atoms with Gasteiger partial charge in [0.05, 0.1) is 12.7 Å². The second kappa shape index (κ2) is 7.16. The van der Waals surface area contributed by atoms with Gasteiger partial charge in [-0.25, -0.2) is 0 Å². The highest BCUT2D eigenvalue weighted by molar-refractivity contribution is 5.75. The standard InChI is InChI=1S/C16H24O.2CH4.B/c1-2-11-4-5-13-6-7-16-15(10-17-16)14(13)9-12(3-1)8-11;;;/h2,12-16H,1,3-10H2;2*1H4;/t12?,13?,14?,15-,16+;;;/m0.../s1. The van der Waals surface area contributed by atoms with E-state index in [0.717, 1.165) is 30.3 Å². The average molecular weight is 275 g/mol. The van der Waals surface area contributed by atoms with E-state index in [9.17, 15) is 0 Å². The Morgan fingerprint density at radius 3 is 2.60 bits per heavy atom. The molecule has 1 aliphatic heterocycles. The molecule has 0 aromatic carbocycles. The fraction of sp³-hybridized carbons (Fsp3) is 0.889. The van der Waals surface area contributed by atoms with Crippen LogP contribution in [0.15, 0.2) is 11.6 Å². The van der Waals surface area contributed by atoms with E-state index in [2.05, 4.69) is 6.08 Å². The van der Waals surface area contributed by atoms with Gasteiger partial charge in [0.1, 0.15) is 0 Å². The number of rotatable bonds is 0. The first-order chi connectivity index (χ1) is 8.40. The Labute approximate surface area is 128 Å². The second-order valence-corrected chi connectivity index (χ2v) is 6.82. The summed E-state index contributed by atoms with van der Waals surface area (Å²) in [6.07, 6.45) is 14.7. The van der Waals surface area contributed by atoms with Crippen LogP contribution in [-0.2, 0) is 4.74 Å². The zero-order valence-corrected chi connectivity index (χ0v) is 11.3. The lowest BCUT2D eigenvalue weighted by atomic mass is 9.61. The summed E-state index contributed by atoms with van der Waals surface area (Å²) in [6.45, 7) is 1.08. The second-order valence-electron chi connectivity index (χ2n) is 6.82. The molecule has 3 aliphatic carbocycles. The van der Waals surface area contributed by atoms with Crippen molar-refractivity contribution in [2.24, 2.45) is 23.7 Å². The molecule has 4 rings (SSSR count). The molecule has 2 heteroatoms. The van der Waals surface area contributed by atoms with E-state index in [4.69, 9.17) is 4.74 Å². The first-order valence-corrected chi connectivity index (χ1v) is 7.69. The Morgan fingerprint density at radius 1 is 1.00 bits per heavy atom. The molecule has 2 bridgehead atoms. The number of hydrogen-bond acceptors (Lipinski definition) is 1. The van der Waals surface area contributed by atoms with Gasteiger partial charge in [0.2, 0.25) is 0 Å². The van der Waals surface area contributed by atoms with Gasteiger partial charge in [-0.3, -0.25) is 0 Å². The lowest BCUT2D eigenvalue weighted by Gasteiger charge is -2.51. The van der Waals surface area contributed by atoms with Gasteiger partial charge in [0, 0.05) is 14.3 Å². The molecule has 1 heterocycles. The highest BCUT2D eigenvalue weighted by Crippen LogP contribution is 2.50. The van der Waals surface area contributed by atoms with Gasteiger partial charge in [-0.05, 0) is 69.1 Å². The van der Waals surface area contributed by atoms with Crippen LogP contribution in [0.2, 0.25) is 0 Å². The van der Waals surface area contributed by atoms with Gasteiger partial charge in [-0.1, -0.05) is 26.5 Å². The Kier molecular flexibility index (Phi) is 6.38. The number of allylic oxidation sites excluding steroid dienone is 2. The lowest BCUT2D eigenvalue weighted by molar-refractivity contribution is -0.176. The van der Waals surface area contributed by atoms with Crippen LogP contribution in [0.4, 0.5) is 0 Å². The molecular weight excluding hydrogens is 243 g/mol. The summed E-state index contributed by atoms with van der Waals surface area (Å²) >= 11 is 0. The van der Waals surface area contributed by atoms with Crippen molar-refractivity contribution >= 4 is 8.41 Å². The predicted octanol–water partition coefficient (Wildman–Crippen LogP) is 4.83. The van der Waals surface area contributed by atoms with E-state index < -0.39 is 0 Å². The van der Waals surface area contributed by atoms with Crippen molar-refractivity contribution in [2.75, 3.05) is 6.61 Å². The zero-order chi connectivity index (χ0) is 11.2. The van der Waals surface area contributed by atoms with Crippen LogP contribution in [0.1, 0.15) is 66.2 Å². The van der Waals surface area contributed by atoms with Gasteiger partial charge in [0.25, 0.3) is 0 Å². The third-order valence-electron chi connectivity index (χ3n) is 5.96. The van der Waals surface area contributed by atoms with Crippen molar-refractivity contribution in [1.29, 1.82) is 0 Å². The summed E-state index contributed by atoms with van der Waals surface area (Å²) in [6, 6.07) is 0. The molecule has 0 spiro atoms. The molecule has 113 valence electrons. The molecular formula is C18H32BO. The van der Waals surface area contributed by atoms with Crippen LogP contribution in [-0.4, -0.2) is 21.1 Å². The topological polar surface area (TPSA) is 9.23 Å². The quantitative estimate of drug-likeness (QED) is 0.454. The molecule has 20 heavy (non-hydrogen) atoms. The van der Waals surface area contributed by atoms with Gasteiger partial charge < -0.3 is 4.74 Å². The van der Waals surface area contributed by atoms with E-state index in [1.54, 1.807) is 5.57 Å². The summed E-state index contributed by atoms with van der Waals surface area (Å²) in [4.78, 5) is 0. The maximum Gasteiger partial charge on any atom is 0.0628 e. The molecule has 0 N–H and O–H groups in total. The maximum absolute atomic E-state index is 5.75. The van der Waals surface area contributed by atoms with Crippen molar-refractivity contribution in [3.63, 3.8) is 0 Å². The zero-order valence-electron chi connectivity index (χ0n) is 11.3. The predicted molar refractivity (Wildman–Crippen MR) is 87.9 cm³/mol. The molecule has 0 aromatic heterocycles. The van der Waals surface area contributed by atoms with Gasteiger partial charge >= 0.3 is 0 Å². The normalized spacial score (nSPS) is 41.6. The van der Waals surface area contributed by atoms with Crippen LogP contribution in [0.5, 0.6) is 0 Å². The van der Waals surface area contributed by atoms with Crippen molar-refractivity contribution in [1.82, 2.24) is 0 Å². The molecule has 2 saturated carbocycles. The molecule has 3 unspecified atom stereocenters. The van der Waals surface area contributed by atoms with E-state index in [-0.39, 0.29) is 23.3 Å². The van der Waals surface area contributed by atoms with Gasteiger partial charge in [0.15, 0.2) is 0 Å². The molecule has 3 radical (unpaired) electrons. The number of ether oxygens (including phenoxy) is 1. The molecule has 0 aromatic rings. The van der Waals surface area contributed by atoms with Crippen molar-refractivity contribution in [2.45, 2.75) is 72.3 Å². The molecule has 4 aliphatic rings. The Hall–Kier alpha value is -0.235. The summed E-state index contributed by atoms with van der Waals surface area (Å²) in [5.74, 6) is 4.01. The minimum Gasteiger partial charge on any atom is -0.377 e. The third-order valence-corrected chi connectivity index (χ3v) is 5.96. The monoisotopic (exact) mass is 275 g/mol. The van der Waals surface area contributed by atoms with Crippen LogP contribution in [0, 0.1) is 23.7 Å². The Bertz CT molecular complexity index is 338. The van der Waals surface area contributed by atoms with Crippen LogP contribution >= 0.6 is 0 Å². The summed E-state index contributed by atoms with van der Waals surface area (Å²) < 4.78 is 5.75. The summed E-state index contributed by atoms with van der Waals surface area (Å²) in [5.41, 5.74) is 1.80. The van der Waals surface area contributed by atoms with Crippen molar-refractivity contribution in [3.05, 3.63) is 11.6 Å². The average Bonchev–Trinajstić information content (AvgIpc) is 2.29. The van der Waals surface area contributed by atoms with Crippen LogP contribution in [0.3, 0.4) is 0 Å². The molecule has 3 fully saturated rings. The summed E-state index contributed by atoms with van der Waals surface area (Å²) in [5, 5.41) is 0. The number of fused-ring (bicyclic) bond motifs is 5. The van der Waals surface area contributed by atoms with E-state index in [1.165, 1.54) is 51.4 Å². The minimum atomic E-state index is 0. The molecule has 1 saturated heterocycles. The minimum absolute atomic E-state index is 0. The maximum atomic E-state index is 5.75. The fourth-order valence-electron chi connectivity index (χ4n) is 4.95. The van der Waals surface area contributed by atoms with Crippen LogP contribution < -0.4 is 0 Å². The highest BCUT2D eigenvalue weighted by Gasteiger charge is 2.46.